The Morgan fingerprint density at radius 1 is 0.945 bits per heavy atom. The first-order valence-electron chi connectivity index (χ1n) is 18.6. The molecule has 6 amide bonds. The number of nitrogens with zero attached hydrogens (tertiary/aromatic N) is 8. The van der Waals surface area contributed by atoms with Crippen molar-refractivity contribution < 1.29 is 33.5 Å². The van der Waals surface area contributed by atoms with Crippen LogP contribution in [0.25, 0.3) is 5.65 Å². The summed E-state index contributed by atoms with van der Waals surface area (Å²) in [6, 6.07) is 7.85. The molecule has 282 valence electrons. The molecule has 55 heavy (non-hydrogen) atoms. The number of carbonyl (C=O) groups excluding carboxylic acids is 6. The van der Waals surface area contributed by atoms with Gasteiger partial charge in [0.05, 0.1) is 36.2 Å². The van der Waals surface area contributed by atoms with Gasteiger partial charge in [0.2, 0.25) is 11.8 Å². The van der Waals surface area contributed by atoms with Crippen LogP contribution in [0, 0.1) is 0 Å². The average molecular weight is 747 g/mol. The fraction of sp³-hybridized carbons (Fsp3) is 0.395. The van der Waals surface area contributed by atoms with Crippen molar-refractivity contribution >= 4 is 52.6 Å². The summed E-state index contributed by atoms with van der Waals surface area (Å²) >= 11 is 0. The predicted octanol–water partition coefficient (Wildman–Crippen LogP) is 1.28. The number of carbonyl (C=O) groups is 6. The molecule has 0 radical (unpaired) electrons. The minimum absolute atomic E-state index is 0.0228. The van der Waals surface area contributed by atoms with Gasteiger partial charge in [0.15, 0.2) is 11.5 Å². The zero-order valence-corrected chi connectivity index (χ0v) is 29.9. The van der Waals surface area contributed by atoms with Crippen LogP contribution >= 0.6 is 0 Å². The Morgan fingerprint density at radius 3 is 2.55 bits per heavy atom. The van der Waals surface area contributed by atoms with E-state index < -0.39 is 29.7 Å². The lowest BCUT2D eigenvalue weighted by molar-refractivity contribution is -0.136. The van der Waals surface area contributed by atoms with E-state index in [1.54, 1.807) is 35.1 Å². The lowest BCUT2D eigenvalue weighted by Crippen LogP contribution is -2.54. The number of pyridine rings is 1. The molecule has 3 fully saturated rings. The number of fused-ring (bicyclic) bond motifs is 3. The molecular weight excluding hydrogens is 708 g/mol. The highest BCUT2D eigenvalue weighted by Crippen LogP contribution is 2.35. The number of imide groups is 2. The summed E-state index contributed by atoms with van der Waals surface area (Å²) in [6.45, 7) is 4.85. The molecule has 3 aromatic heterocycles. The number of rotatable bonds is 8. The molecule has 17 heteroatoms. The standard InChI is InChI=1S/C38H38N10O7/c49-30-5-4-29(35(51)42-30)48-36(52)25-3-2-22(18-26(25)37(48)53)6-11-44-12-7-24(8-13-44)46-21-23-19-28(33(43-31(23)38(46)54)45-14-16-55-17-15-45)41-34(50)27-20-40-47-10-1-9-39-32(27)47/h1-3,9-10,18-20,24,29H,4-8,11-17,21H2,(H,41,50)(H,42,49,51). The van der Waals surface area contributed by atoms with Gasteiger partial charge in [-0.2, -0.15) is 5.10 Å². The third-order valence-corrected chi connectivity index (χ3v) is 11.2. The van der Waals surface area contributed by atoms with E-state index >= 15 is 0 Å². The van der Waals surface area contributed by atoms with Crippen LogP contribution in [-0.2, 0) is 27.3 Å². The van der Waals surface area contributed by atoms with Crippen LogP contribution in [0.2, 0.25) is 0 Å². The van der Waals surface area contributed by atoms with Crippen LogP contribution in [0.15, 0.2) is 48.9 Å². The number of hydrogen-bond donors (Lipinski definition) is 2. The smallest absolute Gasteiger partial charge is 0.273 e. The van der Waals surface area contributed by atoms with Crippen LogP contribution in [-0.4, -0.2) is 128 Å². The highest BCUT2D eigenvalue weighted by molar-refractivity contribution is 6.23. The number of nitrogens with one attached hydrogen (secondary N) is 2. The fourth-order valence-electron chi connectivity index (χ4n) is 8.24. The monoisotopic (exact) mass is 746 g/mol. The third-order valence-electron chi connectivity index (χ3n) is 11.2. The predicted molar refractivity (Wildman–Crippen MR) is 194 cm³/mol. The van der Waals surface area contributed by atoms with Gasteiger partial charge in [0.1, 0.15) is 17.3 Å². The van der Waals surface area contributed by atoms with Gasteiger partial charge in [-0.15, -0.1) is 0 Å². The molecule has 1 unspecified atom stereocenters. The van der Waals surface area contributed by atoms with E-state index in [0.717, 1.165) is 48.5 Å². The van der Waals surface area contributed by atoms with Gasteiger partial charge in [0, 0.05) is 69.7 Å². The SMILES string of the molecule is O=C1CCC(N2C(=O)c3ccc(CCN4CCC(N5Cc6cc(NC(=O)c7cnn8cccnc78)c(N7CCOCC7)nc6C5=O)CC4)cc3C2=O)C(=O)N1. The van der Waals surface area contributed by atoms with Crippen molar-refractivity contribution in [3.8, 4) is 0 Å². The Hall–Kier alpha value is -6.07. The Bertz CT molecular complexity index is 2280. The number of amides is 6. The molecule has 17 nitrogen and oxygen atoms in total. The number of hydrogen-bond acceptors (Lipinski definition) is 12. The molecule has 8 heterocycles. The average Bonchev–Trinajstić information content (AvgIpc) is 3.85. The number of likely N-dealkylation sites (tertiary alicyclic amines) is 1. The minimum Gasteiger partial charge on any atom is -0.378 e. The third kappa shape index (κ3) is 6.28. The lowest BCUT2D eigenvalue weighted by Gasteiger charge is -2.36. The van der Waals surface area contributed by atoms with E-state index in [9.17, 15) is 28.8 Å². The van der Waals surface area contributed by atoms with E-state index in [1.165, 1.54) is 6.20 Å². The quantitative estimate of drug-likeness (QED) is 0.246. The molecule has 4 aromatic rings. The van der Waals surface area contributed by atoms with Crippen LogP contribution in [0.5, 0.6) is 0 Å². The van der Waals surface area contributed by atoms with Gasteiger partial charge in [-0.25, -0.2) is 14.5 Å². The van der Waals surface area contributed by atoms with Crippen molar-refractivity contribution in [2.75, 3.05) is 56.2 Å². The molecule has 5 aliphatic rings. The van der Waals surface area contributed by atoms with Crippen LogP contribution < -0.4 is 15.5 Å². The topological polar surface area (TPSA) is 192 Å². The second-order valence-corrected chi connectivity index (χ2v) is 14.4. The van der Waals surface area contributed by atoms with Gasteiger partial charge in [0.25, 0.3) is 23.6 Å². The maximum atomic E-state index is 13.9. The van der Waals surface area contributed by atoms with Gasteiger partial charge in [-0.3, -0.25) is 39.0 Å². The molecule has 5 aliphatic heterocycles. The number of morpholine rings is 1. The molecule has 3 saturated heterocycles. The van der Waals surface area contributed by atoms with Crippen molar-refractivity contribution in [1.82, 2.24) is 39.6 Å². The Balaban J connectivity index is 0.844. The zero-order valence-electron chi connectivity index (χ0n) is 29.9. The van der Waals surface area contributed by atoms with E-state index in [0.29, 0.717) is 67.7 Å². The van der Waals surface area contributed by atoms with Gasteiger partial charge < -0.3 is 24.8 Å². The maximum absolute atomic E-state index is 13.9. The fourth-order valence-corrected chi connectivity index (χ4v) is 8.24. The second kappa shape index (κ2) is 14.0. The van der Waals surface area contributed by atoms with Gasteiger partial charge in [-0.05, 0) is 55.5 Å². The summed E-state index contributed by atoms with van der Waals surface area (Å²) in [4.78, 5) is 94.3. The van der Waals surface area contributed by atoms with Crippen molar-refractivity contribution in [2.24, 2.45) is 0 Å². The first-order chi connectivity index (χ1) is 26.7. The van der Waals surface area contributed by atoms with Crippen molar-refractivity contribution in [3.05, 3.63) is 82.4 Å². The maximum Gasteiger partial charge on any atom is 0.273 e. The molecule has 9 rings (SSSR count). The number of piperidine rings is 2. The van der Waals surface area contributed by atoms with Crippen molar-refractivity contribution in [1.29, 1.82) is 0 Å². The van der Waals surface area contributed by atoms with Gasteiger partial charge in [-0.1, -0.05) is 6.07 Å². The van der Waals surface area contributed by atoms with E-state index in [-0.39, 0.29) is 41.8 Å². The molecule has 1 atom stereocenters. The summed E-state index contributed by atoms with van der Waals surface area (Å²) < 4.78 is 7.10. The molecule has 0 aliphatic carbocycles. The minimum atomic E-state index is -0.998. The zero-order chi connectivity index (χ0) is 37.8. The highest BCUT2D eigenvalue weighted by atomic mass is 16.5. The van der Waals surface area contributed by atoms with Crippen molar-refractivity contribution in [2.45, 2.75) is 50.7 Å². The van der Waals surface area contributed by atoms with Gasteiger partial charge >= 0.3 is 0 Å². The largest absolute Gasteiger partial charge is 0.378 e. The number of benzene rings is 1. The summed E-state index contributed by atoms with van der Waals surface area (Å²) in [5.41, 5.74) is 3.90. The Labute approximate surface area is 314 Å². The number of anilines is 2. The Morgan fingerprint density at radius 2 is 1.75 bits per heavy atom. The molecule has 2 N–H and O–H groups in total. The molecular formula is C38H38N10O7. The van der Waals surface area contributed by atoms with Crippen LogP contribution in [0.3, 0.4) is 0 Å². The van der Waals surface area contributed by atoms with Crippen LogP contribution in [0.4, 0.5) is 11.5 Å². The molecule has 0 spiro atoms. The van der Waals surface area contributed by atoms with Crippen LogP contribution in [0.1, 0.15) is 78.4 Å². The number of aromatic nitrogens is 4. The summed E-state index contributed by atoms with van der Waals surface area (Å²) in [5.74, 6) is -2.02. The first kappa shape index (κ1) is 34.7. The lowest BCUT2D eigenvalue weighted by atomic mass is 10.0. The van der Waals surface area contributed by atoms with Crippen molar-refractivity contribution in [3.63, 3.8) is 0 Å². The summed E-state index contributed by atoms with van der Waals surface area (Å²) in [6.07, 6.45) is 7.21. The normalized spacial score (nSPS) is 20.7. The van der Waals surface area contributed by atoms with E-state index in [1.807, 2.05) is 21.9 Å². The Kier molecular flexibility index (Phi) is 8.81. The summed E-state index contributed by atoms with van der Waals surface area (Å²) in [7, 11) is 0. The second-order valence-electron chi connectivity index (χ2n) is 14.4. The number of ether oxygens (including phenoxy) is 1. The first-order valence-corrected chi connectivity index (χ1v) is 18.6. The highest BCUT2D eigenvalue weighted by Gasteiger charge is 2.45. The molecule has 1 aromatic carbocycles. The summed E-state index contributed by atoms with van der Waals surface area (Å²) in [5, 5.41) is 9.50. The van der Waals surface area contributed by atoms with E-state index in [2.05, 4.69) is 25.6 Å². The molecule has 0 saturated carbocycles. The van der Waals surface area contributed by atoms with E-state index in [4.69, 9.17) is 9.72 Å². The molecule has 0 bridgehead atoms.